The number of anilines is 2. The van der Waals surface area contributed by atoms with Crippen molar-refractivity contribution in [1.82, 2.24) is 0 Å². The molecule has 0 radical (unpaired) electrons. The van der Waals surface area contributed by atoms with Crippen LogP contribution in [-0.4, -0.2) is 7.05 Å². The summed E-state index contributed by atoms with van der Waals surface area (Å²) in [5, 5.41) is 1.45. The van der Waals surface area contributed by atoms with Crippen LogP contribution in [0, 0.1) is 5.82 Å². The lowest BCUT2D eigenvalue weighted by Crippen LogP contribution is -2.10. The van der Waals surface area contributed by atoms with Crippen molar-refractivity contribution in [3.05, 3.63) is 58.9 Å². The summed E-state index contributed by atoms with van der Waals surface area (Å²) < 4.78 is 12.9. The van der Waals surface area contributed by atoms with Crippen LogP contribution in [-0.2, 0) is 5.33 Å². The van der Waals surface area contributed by atoms with Crippen molar-refractivity contribution in [3.63, 3.8) is 0 Å². The Bertz CT molecular complexity index is 542. The normalized spacial score (nSPS) is 10.4. The maximum absolute atomic E-state index is 12.9. The van der Waals surface area contributed by atoms with Crippen molar-refractivity contribution in [2.24, 2.45) is 0 Å². The summed E-state index contributed by atoms with van der Waals surface area (Å²) in [6.45, 7) is 0. The molecule has 0 heterocycles. The highest BCUT2D eigenvalue weighted by atomic mass is 79.9. The quantitative estimate of drug-likeness (QED) is 0.705. The molecule has 0 saturated heterocycles. The summed E-state index contributed by atoms with van der Waals surface area (Å²) in [6.07, 6.45) is 0. The lowest BCUT2D eigenvalue weighted by Gasteiger charge is -2.21. The summed E-state index contributed by atoms with van der Waals surface area (Å²) in [7, 11) is 1.91. The zero-order chi connectivity index (χ0) is 13.1. The third-order valence-corrected chi connectivity index (χ3v) is 3.69. The van der Waals surface area contributed by atoms with Gasteiger partial charge in [0.25, 0.3) is 0 Å². The van der Waals surface area contributed by atoms with E-state index < -0.39 is 0 Å². The van der Waals surface area contributed by atoms with Crippen molar-refractivity contribution in [3.8, 4) is 0 Å². The highest BCUT2D eigenvalue weighted by Gasteiger charge is 2.08. The number of hydrogen-bond donors (Lipinski definition) is 0. The van der Waals surface area contributed by atoms with E-state index in [1.54, 1.807) is 12.1 Å². The van der Waals surface area contributed by atoms with Gasteiger partial charge in [0.2, 0.25) is 0 Å². The first-order chi connectivity index (χ1) is 8.61. The van der Waals surface area contributed by atoms with Crippen molar-refractivity contribution in [2.75, 3.05) is 11.9 Å². The number of benzene rings is 2. The molecule has 0 spiro atoms. The van der Waals surface area contributed by atoms with Crippen LogP contribution in [0.3, 0.4) is 0 Å². The molecular formula is C14H12BrClFN. The van der Waals surface area contributed by atoms with Gasteiger partial charge in [0, 0.05) is 18.1 Å². The average Bonchev–Trinajstić information content (AvgIpc) is 2.38. The molecule has 2 rings (SSSR count). The fraction of sp³-hybridized carbons (Fsp3) is 0.143. The van der Waals surface area contributed by atoms with Gasteiger partial charge in [-0.15, -0.1) is 0 Å². The monoisotopic (exact) mass is 327 g/mol. The van der Waals surface area contributed by atoms with Crippen LogP contribution in [0.15, 0.2) is 42.5 Å². The van der Waals surface area contributed by atoms with Gasteiger partial charge in [0.1, 0.15) is 5.82 Å². The molecule has 0 bridgehead atoms. The zero-order valence-corrected chi connectivity index (χ0v) is 12.2. The Kier molecular flexibility index (Phi) is 4.25. The van der Waals surface area contributed by atoms with E-state index in [0.717, 1.165) is 22.3 Å². The van der Waals surface area contributed by atoms with Crippen LogP contribution in [0.25, 0.3) is 0 Å². The Balaban J connectivity index is 2.33. The van der Waals surface area contributed by atoms with Crippen LogP contribution in [0.5, 0.6) is 0 Å². The number of alkyl halides is 1. The maximum atomic E-state index is 12.9. The van der Waals surface area contributed by atoms with Gasteiger partial charge in [-0.1, -0.05) is 33.6 Å². The summed E-state index contributed by atoms with van der Waals surface area (Å²) in [5.41, 5.74) is 2.91. The van der Waals surface area contributed by atoms with Gasteiger partial charge in [0.15, 0.2) is 0 Å². The van der Waals surface area contributed by atoms with Crippen LogP contribution >= 0.6 is 27.5 Å². The minimum absolute atomic E-state index is 0.243. The summed E-state index contributed by atoms with van der Waals surface area (Å²) >= 11 is 9.64. The van der Waals surface area contributed by atoms with E-state index in [2.05, 4.69) is 15.9 Å². The first-order valence-electron chi connectivity index (χ1n) is 5.45. The number of hydrogen-bond acceptors (Lipinski definition) is 1. The minimum Gasteiger partial charge on any atom is -0.343 e. The second-order valence-corrected chi connectivity index (χ2v) is 4.92. The van der Waals surface area contributed by atoms with Gasteiger partial charge in [0.05, 0.1) is 10.7 Å². The second-order valence-electron chi connectivity index (χ2n) is 3.95. The predicted molar refractivity (Wildman–Crippen MR) is 78.5 cm³/mol. The Hall–Kier alpha value is -1.06. The highest BCUT2D eigenvalue weighted by molar-refractivity contribution is 9.08. The minimum atomic E-state index is -0.243. The molecule has 0 saturated carbocycles. The van der Waals surface area contributed by atoms with E-state index in [9.17, 15) is 4.39 Å². The van der Waals surface area contributed by atoms with Crippen LogP contribution in [0.1, 0.15) is 5.56 Å². The van der Waals surface area contributed by atoms with Gasteiger partial charge >= 0.3 is 0 Å². The molecule has 0 aliphatic rings. The van der Waals surface area contributed by atoms with Gasteiger partial charge in [-0.05, 0) is 42.0 Å². The number of nitrogens with zero attached hydrogens (tertiary/aromatic N) is 1. The Morgan fingerprint density at radius 2 is 1.83 bits per heavy atom. The molecule has 2 aromatic carbocycles. The molecule has 0 amide bonds. The molecular weight excluding hydrogens is 317 g/mol. The molecule has 0 fully saturated rings. The van der Waals surface area contributed by atoms with E-state index in [1.165, 1.54) is 12.1 Å². The Morgan fingerprint density at radius 1 is 1.17 bits per heavy atom. The van der Waals surface area contributed by atoms with Crippen LogP contribution in [0.2, 0.25) is 5.02 Å². The average molecular weight is 329 g/mol. The van der Waals surface area contributed by atoms with Gasteiger partial charge in [-0.2, -0.15) is 0 Å². The van der Waals surface area contributed by atoms with E-state index in [0.29, 0.717) is 5.02 Å². The van der Waals surface area contributed by atoms with E-state index in [1.807, 2.05) is 30.1 Å². The fourth-order valence-electron chi connectivity index (χ4n) is 1.71. The van der Waals surface area contributed by atoms with E-state index in [-0.39, 0.29) is 5.82 Å². The second kappa shape index (κ2) is 5.72. The fourth-order valence-corrected chi connectivity index (χ4v) is 2.39. The molecule has 0 aliphatic carbocycles. The number of rotatable bonds is 3. The summed E-state index contributed by atoms with van der Waals surface area (Å²) in [5.74, 6) is -0.243. The molecule has 0 unspecified atom stereocenters. The molecule has 2 aromatic rings. The summed E-state index contributed by atoms with van der Waals surface area (Å²) in [6, 6.07) is 12.2. The standard InChI is InChI=1S/C14H12BrClFN/c1-18(12-5-3-11(17)4-6-12)14-7-2-10(9-15)8-13(14)16/h2-8H,9H2,1H3. The van der Waals surface area contributed by atoms with E-state index in [4.69, 9.17) is 11.6 Å². The Morgan fingerprint density at radius 3 is 2.39 bits per heavy atom. The van der Waals surface area contributed by atoms with Gasteiger partial charge in [-0.3, -0.25) is 0 Å². The molecule has 0 atom stereocenters. The SMILES string of the molecule is CN(c1ccc(F)cc1)c1ccc(CBr)cc1Cl. The van der Waals surface area contributed by atoms with Gasteiger partial charge < -0.3 is 4.90 Å². The first kappa shape index (κ1) is 13.4. The smallest absolute Gasteiger partial charge is 0.123 e. The zero-order valence-electron chi connectivity index (χ0n) is 9.83. The van der Waals surface area contributed by atoms with Crippen molar-refractivity contribution in [1.29, 1.82) is 0 Å². The van der Waals surface area contributed by atoms with Crippen molar-refractivity contribution >= 4 is 38.9 Å². The molecule has 18 heavy (non-hydrogen) atoms. The topological polar surface area (TPSA) is 3.24 Å². The lowest BCUT2D eigenvalue weighted by molar-refractivity contribution is 0.628. The third kappa shape index (κ3) is 2.85. The molecule has 4 heteroatoms. The van der Waals surface area contributed by atoms with Gasteiger partial charge in [-0.25, -0.2) is 4.39 Å². The first-order valence-corrected chi connectivity index (χ1v) is 6.95. The number of halogens is 3. The third-order valence-electron chi connectivity index (χ3n) is 2.74. The molecule has 0 aromatic heterocycles. The Labute approximate surface area is 119 Å². The molecule has 1 nitrogen and oxygen atoms in total. The van der Waals surface area contributed by atoms with Crippen LogP contribution in [0.4, 0.5) is 15.8 Å². The lowest BCUT2D eigenvalue weighted by atomic mass is 10.2. The maximum Gasteiger partial charge on any atom is 0.123 e. The van der Waals surface area contributed by atoms with Crippen molar-refractivity contribution in [2.45, 2.75) is 5.33 Å². The molecule has 0 aliphatic heterocycles. The largest absolute Gasteiger partial charge is 0.343 e. The highest BCUT2D eigenvalue weighted by Crippen LogP contribution is 2.31. The van der Waals surface area contributed by atoms with Crippen molar-refractivity contribution < 1.29 is 4.39 Å². The van der Waals surface area contributed by atoms with E-state index >= 15 is 0 Å². The predicted octanol–water partition coefficient (Wildman–Crippen LogP) is 5.14. The summed E-state index contributed by atoms with van der Waals surface area (Å²) in [4.78, 5) is 1.93. The van der Waals surface area contributed by atoms with Crippen LogP contribution < -0.4 is 4.90 Å². The molecule has 94 valence electrons. The molecule has 0 N–H and O–H groups in total.